The van der Waals surface area contributed by atoms with E-state index in [1.165, 1.54) is 0 Å². The van der Waals surface area contributed by atoms with E-state index in [1.54, 1.807) is 12.3 Å². The highest BCUT2D eigenvalue weighted by molar-refractivity contribution is 5.94. The van der Waals surface area contributed by atoms with E-state index >= 15 is 0 Å². The van der Waals surface area contributed by atoms with Gasteiger partial charge in [-0.1, -0.05) is 0 Å². The van der Waals surface area contributed by atoms with E-state index < -0.39 is 35.0 Å². The van der Waals surface area contributed by atoms with Gasteiger partial charge in [-0.3, -0.25) is 4.79 Å². The number of alkyl halides is 6. The second-order valence-electron chi connectivity index (χ2n) is 8.09. The van der Waals surface area contributed by atoms with Gasteiger partial charge in [0.1, 0.15) is 5.82 Å². The summed E-state index contributed by atoms with van der Waals surface area (Å²) < 4.78 is 78.2. The highest BCUT2D eigenvalue weighted by Crippen LogP contribution is 2.36. The predicted octanol–water partition coefficient (Wildman–Crippen LogP) is 4.73. The molecule has 3 rings (SSSR count). The maximum Gasteiger partial charge on any atom is 0.416 e. The highest BCUT2D eigenvalue weighted by Gasteiger charge is 2.37. The van der Waals surface area contributed by atoms with Crippen molar-refractivity contribution in [3.8, 4) is 0 Å². The van der Waals surface area contributed by atoms with Gasteiger partial charge < -0.3 is 15.5 Å². The van der Waals surface area contributed by atoms with Gasteiger partial charge in [-0.25, -0.2) is 4.98 Å². The lowest BCUT2D eigenvalue weighted by atomic mass is 9.91. The molecule has 33 heavy (non-hydrogen) atoms. The lowest BCUT2D eigenvalue weighted by Gasteiger charge is -2.30. The number of nitrogens with zero attached hydrogens (tertiary/aromatic N) is 3. The monoisotopic (exact) mass is 475 g/mol. The van der Waals surface area contributed by atoms with Crippen molar-refractivity contribution in [2.45, 2.75) is 50.1 Å². The lowest BCUT2D eigenvalue weighted by Crippen LogP contribution is -2.40. The second kappa shape index (κ2) is 9.44. The third-order valence-corrected chi connectivity index (χ3v) is 5.34. The molecule has 1 heterocycles. The molecule has 1 aromatic carbocycles. The first-order valence-electron chi connectivity index (χ1n) is 10.2. The molecule has 1 aliphatic rings. The molecule has 0 radical (unpaired) electrons. The van der Waals surface area contributed by atoms with Gasteiger partial charge in [0.05, 0.1) is 11.1 Å². The number of rotatable bonds is 5. The zero-order valence-electron chi connectivity index (χ0n) is 17.9. The van der Waals surface area contributed by atoms with Crippen LogP contribution < -0.4 is 15.5 Å². The van der Waals surface area contributed by atoms with E-state index in [9.17, 15) is 31.1 Å². The summed E-state index contributed by atoms with van der Waals surface area (Å²) in [5.41, 5.74) is -3.71. The molecule has 1 amide bonds. The van der Waals surface area contributed by atoms with E-state index in [0.29, 0.717) is 43.8 Å². The minimum Gasteiger partial charge on any atom is -0.363 e. The number of halogens is 6. The van der Waals surface area contributed by atoms with Crippen LogP contribution in [0.5, 0.6) is 0 Å². The number of anilines is 2. The lowest BCUT2D eigenvalue weighted by molar-refractivity contribution is -0.143. The van der Waals surface area contributed by atoms with E-state index in [-0.39, 0.29) is 18.2 Å². The Morgan fingerprint density at radius 1 is 0.939 bits per heavy atom. The maximum atomic E-state index is 13.0. The van der Waals surface area contributed by atoms with Crippen molar-refractivity contribution in [2.24, 2.45) is 0 Å². The normalized spacial score (nSPS) is 19.2. The number of carbonyl (C=O) groups is 1. The fourth-order valence-corrected chi connectivity index (χ4v) is 3.59. The van der Waals surface area contributed by atoms with Crippen molar-refractivity contribution in [2.75, 3.05) is 24.3 Å². The van der Waals surface area contributed by atoms with Gasteiger partial charge in [0.25, 0.3) is 5.91 Å². The van der Waals surface area contributed by atoms with Gasteiger partial charge in [-0.15, -0.1) is 0 Å². The molecule has 180 valence electrons. The van der Waals surface area contributed by atoms with Gasteiger partial charge >= 0.3 is 12.4 Å². The molecule has 6 nitrogen and oxygen atoms in total. The minimum absolute atomic E-state index is 0.00101. The average molecular weight is 475 g/mol. The largest absolute Gasteiger partial charge is 0.416 e. The highest BCUT2D eigenvalue weighted by atomic mass is 19.4. The summed E-state index contributed by atoms with van der Waals surface area (Å²) in [6, 6.07) is 2.30. The number of carbonyl (C=O) groups excluding carboxylic acids is 1. The quantitative estimate of drug-likeness (QED) is 0.612. The summed E-state index contributed by atoms with van der Waals surface area (Å²) in [6.45, 7) is 0. The molecule has 0 unspecified atom stereocenters. The Bertz CT molecular complexity index is 952. The van der Waals surface area contributed by atoms with Gasteiger partial charge in [-0.2, -0.15) is 31.3 Å². The van der Waals surface area contributed by atoms with Crippen molar-refractivity contribution < 1.29 is 31.1 Å². The zero-order chi connectivity index (χ0) is 24.4. The first-order chi connectivity index (χ1) is 15.3. The summed E-state index contributed by atoms with van der Waals surface area (Å²) in [6.07, 6.45) is -6.14. The first-order valence-corrected chi connectivity index (χ1v) is 10.2. The SMILES string of the molecule is CN(C)c1ccnc(NC2CCC(NC(=O)c3cc(C(F)(F)F)cc(C(F)(F)F)c3)CC2)n1. The molecular formula is C21H23F6N5O. The minimum atomic E-state index is -5.01. The molecule has 0 atom stereocenters. The van der Waals surface area contributed by atoms with Crippen molar-refractivity contribution in [1.82, 2.24) is 15.3 Å². The van der Waals surface area contributed by atoms with Crippen LogP contribution in [0.3, 0.4) is 0 Å². The molecule has 0 bridgehead atoms. The van der Waals surface area contributed by atoms with Gasteiger partial charge in [0.15, 0.2) is 0 Å². The van der Waals surface area contributed by atoms with E-state index in [0.717, 1.165) is 5.82 Å². The van der Waals surface area contributed by atoms with Crippen molar-refractivity contribution in [3.63, 3.8) is 0 Å². The van der Waals surface area contributed by atoms with Crippen LogP contribution in [0, 0.1) is 0 Å². The summed E-state index contributed by atoms with van der Waals surface area (Å²) in [7, 11) is 3.70. The summed E-state index contributed by atoms with van der Waals surface area (Å²) >= 11 is 0. The third-order valence-electron chi connectivity index (χ3n) is 5.34. The molecule has 1 aliphatic carbocycles. The van der Waals surface area contributed by atoms with Crippen molar-refractivity contribution in [1.29, 1.82) is 0 Å². The standard InChI is InChI=1S/C21H23F6N5O/c1-32(2)17-7-8-28-19(31-17)30-16-5-3-15(4-6-16)29-18(33)12-9-13(20(22,23)24)11-14(10-12)21(25,26)27/h7-11,15-16H,3-6H2,1-2H3,(H,29,33)(H,28,30,31). The fraction of sp³-hybridized carbons (Fsp3) is 0.476. The Kier molecular flexibility index (Phi) is 7.03. The van der Waals surface area contributed by atoms with Crippen molar-refractivity contribution >= 4 is 17.7 Å². The second-order valence-corrected chi connectivity index (χ2v) is 8.09. The van der Waals surface area contributed by atoms with Crippen LogP contribution in [-0.2, 0) is 12.4 Å². The van der Waals surface area contributed by atoms with Crippen molar-refractivity contribution in [3.05, 3.63) is 47.2 Å². The molecule has 1 aromatic heterocycles. The molecule has 12 heteroatoms. The van der Waals surface area contributed by atoms with Gasteiger partial charge in [0.2, 0.25) is 5.95 Å². The number of hydrogen-bond donors (Lipinski definition) is 2. The number of amides is 1. The van der Waals surface area contributed by atoms with Crippen LogP contribution >= 0.6 is 0 Å². The van der Waals surface area contributed by atoms with Crippen LogP contribution in [0.15, 0.2) is 30.5 Å². The molecule has 0 aliphatic heterocycles. The Morgan fingerprint density at radius 2 is 1.48 bits per heavy atom. The fourth-order valence-electron chi connectivity index (χ4n) is 3.59. The summed E-state index contributed by atoms with van der Waals surface area (Å²) in [4.78, 5) is 22.8. The van der Waals surface area contributed by atoms with Gasteiger partial charge in [-0.05, 0) is 49.9 Å². The number of nitrogens with one attached hydrogen (secondary N) is 2. The smallest absolute Gasteiger partial charge is 0.363 e. The third kappa shape index (κ3) is 6.48. The maximum absolute atomic E-state index is 13.0. The molecule has 2 N–H and O–H groups in total. The zero-order valence-corrected chi connectivity index (χ0v) is 17.9. The van der Waals surface area contributed by atoms with Crippen LogP contribution in [0.4, 0.5) is 38.1 Å². The molecule has 1 saturated carbocycles. The van der Waals surface area contributed by atoms with Crippen LogP contribution in [0.25, 0.3) is 0 Å². The molecule has 2 aromatic rings. The van der Waals surface area contributed by atoms with E-state index in [4.69, 9.17) is 0 Å². The topological polar surface area (TPSA) is 70.2 Å². The Balaban J connectivity index is 1.63. The van der Waals surface area contributed by atoms with Crippen LogP contribution in [-0.4, -0.2) is 42.1 Å². The molecule has 1 fully saturated rings. The Morgan fingerprint density at radius 3 is 2.00 bits per heavy atom. The van der Waals surface area contributed by atoms with E-state index in [2.05, 4.69) is 20.6 Å². The number of benzene rings is 1. The summed E-state index contributed by atoms with van der Waals surface area (Å²) in [5.74, 6) is 0.218. The van der Waals surface area contributed by atoms with Crippen LogP contribution in [0.1, 0.15) is 47.2 Å². The Hall–Kier alpha value is -3.05. The average Bonchev–Trinajstić information content (AvgIpc) is 2.73. The number of aromatic nitrogens is 2. The van der Waals surface area contributed by atoms with Gasteiger partial charge in [0, 0.05) is 37.9 Å². The molecular weight excluding hydrogens is 452 g/mol. The number of hydrogen-bond acceptors (Lipinski definition) is 5. The first kappa shape index (κ1) is 24.6. The Labute approximate surface area is 186 Å². The predicted molar refractivity (Wildman–Crippen MR) is 110 cm³/mol. The molecule has 0 spiro atoms. The van der Waals surface area contributed by atoms with Crippen LogP contribution in [0.2, 0.25) is 0 Å². The molecule has 0 saturated heterocycles. The van der Waals surface area contributed by atoms with E-state index in [1.807, 2.05) is 19.0 Å². The summed E-state index contributed by atoms with van der Waals surface area (Å²) in [5, 5.41) is 5.78.